The predicted molar refractivity (Wildman–Crippen MR) is 83.8 cm³/mol. The summed E-state index contributed by atoms with van der Waals surface area (Å²) in [6, 6.07) is 17.5. The van der Waals surface area contributed by atoms with Crippen molar-refractivity contribution in [3.8, 4) is 17.6 Å². The van der Waals surface area contributed by atoms with Gasteiger partial charge in [0.05, 0.1) is 12.5 Å². The Bertz CT molecular complexity index is 839. The fourth-order valence-electron chi connectivity index (χ4n) is 2.34. The number of rotatable bonds is 4. The van der Waals surface area contributed by atoms with Crippen LogP contribution >= 0.6 is 0 Å². The summed E-state index contributed by atoms with van der Waals surface area (Å²) in [5.74, 6) is 1.14. The number of nitrogens with zero attached hydrogens (tertiary/aromatic N) is 2. The fraction of sp³-hybridized carbons (Fsp3) is 0.111. The van der Waals surface area contributed by atoms with E-state index in [1.165, 1.54) is 0 Å². The van der Waals surface area contributed by atoms with Crippen LogP contribution < -0.4 is 9.47 Å². The maximum Gasteiger partial charge on any atom is 0.172 e. The molecule has 0 unspecified atom stereocenters. The molecular formula is C18H14N2O2. The van der Waals surface area contributed by atoms with Crippen molar-refractivity contribution in [2.45, 2.75) is 6.61 Å². The second kappa shape index (κ2) is 6.15. The molecule has 0 N–H and O–H groups in total. The van der Waals surface area contributed by atoms with Crippen LogP contribution in [0.1, 0.15) is 11.3 Å². The number of methoxy groups -OCH3 is 1. The molecule has 0 atom stereocenters. The molecule has 1 heterocycles. The standard InChI is InChI=1S/C18H14N2O2/c1-21-16-8-7-14-9-10-20-15(11-19)17(14)18(16)22-12-13-5-3-2-4-6-13/h2-10H,12H2,1H3. The number of pyridine rings is 1. The van der Waals surface area contributed by atoms with Gasteiger partial charge < -0.3 is 9.47 Å². The topological polar surface area (TPSA) is 55.1 Å². The van der Waals surface area contributed by atoms with E-state index >= 15 is 0 Å². The first-order valence-corrected chi connectivity index (χ1v) is 6.86. The van der Waals surface area contributed by atoms with Crippen LogP contribution in [0.2, 0.25) is 0 Å². The lowest BCUT2D eigenvalue weighted by Gasteiger charge is -2.14. The van der Waals surface area contributed by atoms with Gasteiger partial charge in [0.25, 0.3) is 0 Å². The van der Waals surface area contributed by atoms with Gasteiger partial charge in [-0.2, -0.15) is 5.26 Å². The third-order valence-corrected chi connectivity index (χ3v) is 3.40. The Morgan fingerprint density at radius 1 is 1.09 bits per heavy atom. The maximum absolute atomic E-state index is 9.30. The van der Waals surface area contributed by atoms with Crippen molar-refractivity contribution < 1.29 is 9.47 Å². The third kappa shape index (κ3) is 2.57. The summed E-state index contributed by atoms with van der Waals surface area (Å²) < 4.78 is 11.3. The van der Waals surface area contributed by atoms with Gasteiger partial charge in [-0.15, -0.1) is 0 Å². The molecule has 3 rings (SSSR count). The molecule has 0 saturated heterocycles. The second-order valence-electron chi connectivity index (χ2n) is 4.74. The minimum Gasteiger partial charge on any atom is -0.493 e. The van der Waals surface area contributed by atoms with Gasteiger partial charge in [-0.05, 0) is 23.1 Å². The molecule has 1 aromatic heterocycles. The quantitative estimate of drug-likeness (QED) is 0.735. The van der Waals surface area contributed by atoms with E-state index < -0.39 is 0 Å². The van der Waals surface area contributed by atoms with E-state index in [9.17, 15) is 5.26 Å². The van der Waals surface area contributed by atoms with Crippen LogP contribution in [0.4, 0.5) is 0 Å². The number of benzene rings is 2. The molecule has 0 amide bonds. The van der Waals surface area contributed by atoms with E-state index in [2.05, 4.69) is 11.1 Å². The molecule has 2 aromatic carbocycles. The molecule has 3 aromatic rings. The minimum atomic E-state index is 0.333. The van der Waals surface area contributed by atoms with Crippen molar-refractivity contribution in [3.05, 3.63) is 66.0 Å². The Morgan fingerprint density at radius 2 is 1.91 bits per heavy atom. The minimum absolute atomic E-state index is 0.333. The average Bonchev–Trinajstić information content (AvgIpc) is 2.59. The first kappa shape index (κ1) is 13.9. The lowest BCUT2D eigenvalue weighted by atomic mass is 10.1. The van der Waals surface area contributed by atoms with Gasteiger partial charge in [0.15, 0.2) is 17.2 Å². The van der Waals surface area contributed by atoms with Crippen LogP contribution in [-0.2, 0) is 6.61 Å². The highest BCUT2D eigenvalue weighted by Gasteiger charge is 2.14. The number of hydrogen-bond acceptors (Lipinski definition) is 4. The van der Waals surface area contributed by atoms with E-state index in [4.69, 9.17) is 9.47 Å². The molecule has 0 radical (unpaired) electrons. The third-order valence-electron chi connectivity index (χ3n) is 3.40. The summed E-state index contributed by atoms with van der Waals surface area (Å²) >= 11 is 0. The Hall–Kier alpha value is -3.06. The normalized spacial score (nSPS) is 10.2. The average molecular weight is 290 g/mol. The molecule has 22 heavy (non-hydrogen) atoms. The van der Waals surface area contributed by atoms with E-state index in [0.717, 1.165) is 10.9 Å². The zero-order chi connectivity index (χ0) is 15.4. The lowest BCUT2D eigenvalue weighted by molar-refractivity contribution is 0.288. The molecule has 0 fully saturated rings. The number of ether oxygens (including phenoxy) is 2. The first-order valence-electron chi connectivity index (χ1n) is 6.86. The fourth-order valence-corrected chi connectivity index (χ4v) is 2.34. The van der Waals surface area contributed by atoms with Crippen molar-refractivity contribution in [1.29, 1.82) is 5.26 Å². The van der Waals surface area contributed by atoms with E-state index in [-0.39, 0.29) is 0 Å². The predicted octanol–water partition coefficient (Wildman–Crippen LogP) is 3.69. The van der Waals surface area contributed by atoms with Gasteiger partial charge in [0.1, 0.15) is 12.7 Å². The molecule has 4 heteroatoms. The molecule has 0 aliphatic carbocycles. The molecule has 4 nitrogen and oxygen atoms in total. The van der Waals surface area contributed by atoms with Gasteiger partial charge in [0.2, 0.25) is 0 Å². The molecule has 108 valence electrons. The zero-order valence-electron chi connectivity index (χ0n) is 12.1. The number of fused-ring (bicyclic) bond motifs is 1. The smallest absolute Gasteiger partial charge is 0.172 e. The Labute approximate surface area is 128 Å². The monoisotopic (exact) mass is 290 g/mol. The summed E-state index contributed by atoms with van der Waals surface area (Å²) in [5, 5.41) is 10.9. The van der Waals surface area contributed by atoms with Gasteiger partial charge in [0, 0.05) is 6.20 Å². The van der Waals surface area contributed by atoms with Crippen LogP contribution in [0.25, 0.3) is 10.8 Å². The van der Waals surface area contributed by atoms with Crippen LogP contribution in [0.3, 0.4) is 0 Å². The SMILES string of the molecule is COc1ccc2ccnc(C#N)c2c1OCc1ccccc1. The zero-order valence-corrected chi connectivity index (χ0v) is 12.1. The number of hydrogen-bond donors (Lipinski definition) is 0. The molecule has 0 aliphatic heterocycles. The summed E-state index contributed by atoms with van der Waals surface area (Å²) in [7, 11) is 1.58. The Morgan fingerprint density at radius 3 is 2.64 bits per heavy atom. The summed E-state index contributed by atoms with van der Waals surface area (Å²) in [6.07, 6.45) is 1.62. The maximum atomic E-state index is 9.30. The summed E-state index contributed by atoms with van der Waals surface area (Å²) in [4.78, 5) is 4.12. The van der Waals surface area contributed by atoms with Crippen LogP contribution in [-0.4, -0.2) is 12.1 Å². The number of nitriles is 1. The van der Waals surface area contributed by atoms with Gasteiger partial charge in [-0.25, -0.2) is 4.98 Å². The van der Waals surface area contributed by atoms with Crippen molar-refractivity contribution in [2.75, 3.05) is 7.11 Å². The summed E-state index contributed by atoms with van der Waals surface area (Å²) in [5.41, 5.74) is 1.38. The highest BCUT2D eigenvalue weighted by molar-refractivity contribution is 5.94. The molecule has 0 spiro atoms. The Balaban J connectivity index is 2.08. The van der Waals surface area contributed by atoms with Crippen molar-refractivity contribution in [1.82, 2.24) is 4.98 Å². The molecule has 0 saturated carbocycles. The Kier molecular flexibility index (Phi) is 3.88. The van der Waals surface area contributed by atoms with Gasteiger partial charge in [-0.3, -0.25) is 0 Å². The van der Waals surface area contributed by atoms with E-state index in [0.29, 0.717) is 29.2 Å². The highest BCUT2D eigenvalue weighted by atomic mass is 16.5. The van der Waals surface area contributed by atoms with Crippen LogP contribution in [0.5, 0.6) is 11.5 Å². The number of aromatic nitrogens is 1. The largest absolute Gasteiger partial charge is 0.493 e. The first-order chi connectivity index (χ1) is 10.8. The lowest BCUT2D eigenvalue weighted by Crippen LogP contribution is -2.00. The molecule has 0 bridgehead atoms. The molecular weight excluding hydrogens is 276 g/mol. The van der Waals surface area contributed by atoms with Gasteiger partial charge in [-0.1, -0.05) is 36.4 Å². The van der Waals surface area contributed by atoms with Crippen molar-refractivity contribution in [2.24, 2.45) is 0 Å². The van der Waals surface area contributed by atoms with E-state index in [1.807, 2.05) is 48.5 Å². The van der Waals surface area contributed by atoms with Crippen molar-refractivity contribution >= 4 is 10.8 Å². The highest BCUT2D eigenvalue weighted by Crippen LogP contribution is 2.37. The molecule has 0 aliphatic rings. The van der Waals surface area contributed by atoms with Crippen molar-refractivity contribution in [3.63, 3.8) is 0 Å². The second-order valence-corrected chi connectivity index (χ2v) is 4.74. The summed E-state index contributed by atoms with van der Waals surface area (Å²) in [6.45, 7) is 0.399. The van der Waals surface area contributed by atoms with E-state index in [1.54, 1.807) is 13.3 Å². The van der Waals surface area contributed by atoms with Gasteiger partial charge >= 0.3 is 0 Å². The van der Waals surface area contributed by atoms with Crippen LogP contribution in [0.15, 0.2) is 54.7 Å². The van der Waals surface area contributed by atoms with Crippen LogP contribution in [0, 0.1) is 11.3 Å².